The molecule has 1 heterocycles. The Morgan fingerprint density at radius 2 is 2.13 bits per heavy atom. The molecule has 1 fully saturated rings. The van der Waals surface area contributed by atoms with Crippen LogP contribution in [0.4, 0.5) is 0 Å². The van der Waals surface area contributed by atoms with E-state index >= 15 is 0 Å². The molecule has 30 heavy (non-hydrogen) atoms. The normalized spacial score (nSPS) is 15.7. The molecule has 1 aliphatic rings. The summed E-state index contributed by atoms with van der Waals surface area (Å²) >= 11 is 0. The van der Waals surface area contributed by atoms with Crippen LogP contribution in [-0.2, 0) is 19.0 Å². The van der Waals surface area contributed by atoms with Gasteiger partial charge in [-0.15, -0.1) is 0 Å². The first-order valence-electron chi connectivity index (χ1n) is 10.8. The molecular formula is C24H32O6. The van der Waals surface area contributed by atoms with Gasteiger partial charge < -0.3 is 18.9 Å². The lowest BCUT2D eigenvalue weighted by Gasteiger charge is -2.22. The third-order valence-electron chi connectivity index (χ3n) is 4.61. The number of hydrogen-bond acceptors (Lipinski definition) is 6. The van der Waals surface area contributed by atoms with Crippen molar-refractivity contribution in [2.24, 2.45) is 0 Å². The van der Waals surface area contributed by atoms with Crippen molar-refractivity contribution in [3.63, 3.8) is 0 Å². The summed E-state index contributed by atoms with van der Waals surface area (Å²) in [5.74, 6) is 6.55. The van der Waals surface area contributed by atoms with Crippen LogP contribution in [0.2, 0.25) is 0 Å². The third-order valence-corrected chi connectivity index (χ3v) is 4.61. The van der Waals surface area contributed by atoms with E-state index in [0.717, 1.165) is 45.0 Å². The molecule has 0 saturated carbocycles. The average molecular weight is 417 g/mol. The first kappa shape index (κ1) is 23.9. The summed E-state index contributed by atoms with van der Waals surface area (Å²) in [7, 11) is 0. The molecule has 0 radical (unpaired) electrons. The van der Waals surface area contributed by atoms with Gasteiger partial charge in [0.05, 0.1) is 13.2 Å². The van der Waals surface area contributed by atoms with Gasteiger partial charge in [0.25, 0.3) is 0 Å². The largest absolute Gasteiger partial charge is 0.494 e. The Balaban J connectivity index is 1.67. The van der Waals surface area contributed by atoms with Gasteiger partial charge in [-0.05, 0) is 63.6 Å². The van der Waals surface area contributed by atoms with E-state index in [1.807, 2.05) is 0 Å². The van der Waals surface area contributed by atoms with Crippen molar-refractivity contribution < 1.29 is 28.5 Å². The van der Waals surface area contributed by atoms with Crippen molar-refractivity contribution in [3.05, 3.63) is 29.3 Å². The van der Waals surface area contributed by atoms with Crippen molar-refractivity contribution in [1.82, 2.24) is 0 Å². The minimum atomic E-state index is -0.228. The number of carbonyl (C=O) groups excluding carboxylic acids is 2. The van der Waals surface area contributed by atoms with E-state index in [1.54, 1.807) is 25.1 Å². The number of ether oxygens (including phenoxy) is 4. The van der Waals surface area contributed by atoms with Gasteiger partial charge >= 0.3 is 5.97 Å². The van der Waals surface area contributed by atoms with Gasteiger partial charge in [0.1, 0.15) is 5.75 Å². The molecule has 0 aromatic heterocycles. The second kappa shape index (κ2) is 14.6. The van der Waals surface area contributed by atoms with Gasteiger partial charge in [-0.2, -0.15) is 0 Å². The zero-order valence-corrected chi connectivity index (χ0v) is 17.8. The van der Waals surface area contributed by atoms with Crippen LogP contribution in [0.3, 0.4) is 0 Å². The summed E-state index contributed by atoms with van der Waals surface area (Å²) in [6, 6.07) is 5.26. The molecule has 2 rings (SSSR count). The quantitative estimate of drug-likeness (QED) is 0.219. The average Bonchev–Trinajstić information content (AvgIpc) is 2.77. The molecule has 6 nitrogen and oxygen atoms in total. The Morgan fingerprint density at radius 3 is 2.90 bits per heavy atom. The zero-order chi connectivity index (χ0) is 21.4. The highest BCUT2D eigenvalue weighted by molar-refractivity contribution is 5.80. The van der Waals surface area contributed by atoms with Crippen LogP contribution in [0.1, 0.15) is 74.2 Å². The molecule has 0 spiro atoms. The number of benzene rings is 1. The van der Waals surface area contributed by atoms with Crippen LogP contribution < -0.4 is 4.74 Å². The monoisotopic (exact) mass is 416 g/mol. The van der Waals surface area contributed by atoms with Crippen molar-refractivity contribution in [3.8, 4) is 17.6 Å². The molecule has 6 heteroatoms. The maximum absolute atomic E-state index is 11.4. The molecule has 0 aliphatic carbocycles. The van der Waals surface area contributed by atoms with Crippen molar-refractivity contribution in [1.29, 1.82) is 0 Å². The Morgan fingerprint density at radius 1 is 1.23 bits per heavy atom. The predicted octanol–water partition coefficient (Wildman–Crippen LogP) is 4.29. The fourth-order valence-electron chi connectivity index (χ4n) is 3.01. The molecule has 0 amide bonds. The molecule has 1 saturated heterocycles. The highest BCUT2D eigenvalue weighted by atomic mass is 16.7. The van der Waals surface area contributed by atoms with Crippen molar-refractivity contribution in [2.45, 2.75) is 64.6 Å². The molecule has 0 N–H and O–H groups in total. The van der Waals surface area contributed by atoms with Crippen LogP contribution >= 0.6 is 0 Å². The number of hydrogen-bond donors (Lipinski definition) is 0. The minimum absolute atomic E-state index is 0.0362. The van der Waals surface area contributed by atoms with E-state index in [9.17, 15) is 9.59 Å². The highest BCUT2D eigenvalue weighted by Gasteiger charge is 2.13. The number of rotatable bonds is 12. The summed E-state index contributed by atoms with van der Waals surface area (Å²) < 4.78 is 21.7. The van der Waals surface area contributed by atoms with Gasteiger partial charge in [0, 0.05) is 37.2 Å². The maximum atomic E-state index is 11.4. The molecule has 164 valence electrons. The van der Waals surface area contributed by atoms with E-state index in [-0.39, 0.29) is 12.3 Å². The topological polar surface area (TPSA) is 71.1 Å². The SMILES string of the molecule is CCOC(=O)CCCOc1ccc(C#CCCCCOC2CCCCO2)c(C=O)c1. The first-order valence-corrected chi connectivity index (χ1v) is 10.8. The van der Waals surface area contributed by atoms with Crippen molar-refractivity contribution in [2.75, 3.05) is 26.4 Å². The zero-order valence-electron chi connectivity index (χ0n) is 17.8. The summed E-state index contributed by atoms with van der Waals surface area (Å²) in [5, 5.41) is 0. The van der Waals surface area contributed by atoms with E-state index in [1.165, 1.54) is 6.42 Å². The lowest BCUT2D eigenvalue weighted by atomic mass is 10.1. The van der Waals surface area contributed by atoms with E-state index in [4.69, 9.17) is 18.9 Å². The lowest BCUT2D eigenvalue weighted by molar-refractivity contribution is -0.162. The summed E-state index contributed by atoms with van der Waals surface area (Å²) in [6.07, 6.45) is 7.54. The predicted molar refractivity (Wildman–Crippen MR) is 113 cm³/mol. The number of esters is 1. The lowest BCUT2D eigenvalue weighted by Crippen LogP contribution is -2.22. The highest BCUT2D eigenvalue weighted by Crippen LogP contribution is 2.17. The molecule has 0 bridgehead atoms. The van der Waals surface area contributed by atoms with Gasteiger partial charge in [0.2, 0.25) is 0 Å². The van der Waals surface area contributed by atoms with Gasteiger partial charge in [0.15, 0.2) is 12.6 Å². The van der Waals surface area contributed by atoms with Crippen LogP contribution in [0.25, 0.3) is 0 Å². The smallest absolute Gasteiger partial charge is 0.305 e. The molecular weight excluding hydrogens is 384 g/mol. The summed E-state index contributed by atoms with van der Waals surface area (Å²) in [4.78, 5) is 22.7. The standard InChI is InChI=1S/C24H32O6/c1-2-27-23(26)11-9-17-28-22-14-13-20(21(18-22)19-25)10-5-3-4-7-15-29-24-12-6-8-16-30-24/h13-14,18-19,24H,2-4,6-9,11-12,15-17H2,1H3. The van der Waals surface area contributed by atoms with E-state index in [0.29, 0.717) is 49.5 Å². The third kappa shape index (κ3) is 9.43. The van der Waals surface area contributed by atoms with Crippen LogP contribution in [-0.4, -0.2) is 45.0 Å². The fourth-order valence-corrected chi connectivity index (χ4v) is 3.01. The Hall–Kier alpha value is -2.36. The van der Waals surface area contributed by atoms with Gasteiger partial charge in [-0.25, -0.2) is 0 Å². The number of carbonyl (C=O) groups is 2. The second-order valence-electron chi connectivity index (χ2n) is 7.05. The van der Waals surface area contributed by atoms with Crippen LogP contribution in [0.15, 0.2) is 18.2 Å². The Bertz CT molecular complexity index is 712. The van der Waals surface area contributed by atoms with Crippen LogP contribution in [0.5, 0.6) is 5.75 Å². The molecule has 1 aliphatic heterocycles. The van der Waals surface area contributed by atoms with Crippen molar-refractivity contribution >= 4 is 12.3 Å². The molecule has 1 aromatic rings. The number of aldehydes is 1. The molecule has 1 atom stereocenters. The Labute approximate surface area is 179 Å². The second-order valence-corrected chi connectivity index (χ2v) is 7.05. The summed E-state index contributed by atoms with van der Waals surface area (Å²) in [5.41, 5.74) is 1.19. The fraction of sp³-hybridized carbons (Fsp3) is 0.583. The number of unbranched alkanes of at least 4 members (excludes halogenated alkanes) is 2. The van der Waals surface area contributed by atoms with E-state index < -0.39 is 0 Å². The van der Waals surface area contributed by atoms with E-state index in [2.05, 4.69) is 11.8 Å². The minimum Gasteiger partial charge on any atom is -0.494 e. The Kier molecular flexibility index (Phi) is 11.6. The molecule has 1 aromatic carbocycles. The van der Waals surface area contributed by atoms with Gasteiger partial charge in [-0.3, -0.25) is 9.59 Å². The molecule has 1 unspecified atom stereocenters. The first-order chi connectivity index (χ1) is 14.7. The summed E-state index contributed by atoms with van der Waals surface area (Å²) in [6.45, 7) is 4.03. The van der Waals surface area contributed by atoms with Crippen LogP contribution in [0, 0.1) is 11.8 Å². The van der Waals surface area contributed by atoms with Gasteiger partial charge in [-0.1, -0.05) is 11.8 Å². The maximum Gasteiger partial charge on any atom is 0.305 e.